The molecule has 0 spiro atoms. The van der Waals surface area contributed by atoms with Gasteiger partial charge in [-0.05, 0) is 99.4 Å². The van der Waals surface area contributed by atoms with Crippen molar-refractivity contribution in [1.29, 1.82) is 0 Å². The molecule has 39 heavy (non-hydrogen) atoms. The molecule has 0 saturated carbocycles. The van der Waals surface area contributed by atoms with Gasteiger partial charge in [0.25, 0.3) is 0 Å². The molecule has 1 N–H and O–H groups in total. The molecule has 0 radical (unpaired) electrons. The van der Waals surface area contributed by atoms with Gasteiger partial charge in [-0.25, -0.2) is 4.98 Å². The Labute approximate surface area is 233 Å². The zero-order valence-corrected chi connectivity index (χ0v) is 24.3. The number of benzene rings is 2. The molecule has 1 aromatic heterocycles. The SMILES string of the molecule is COc1cc(-c2ccc([C@@H]3CCc4ccc(CC(C)C(=O)O)cc4O3)cc2CN(C(C)C)C(C)(C)C)ccn1. The molecule has 6 nitrogen and oxygen atoms in total. The van der Waals surface area contributed by atoms with Crippen LogP contribution in [-0.4, -0.2) is 39.7 Å². The standard InChI is InChI=1S/C33H42N2O4/c1-21(2)35(33(4,5)6)20-27-18-26(10-12-28(27)25-14-15-34-31(19-25)38-7)29-13-11-24-9-8-23(17-30(24)39-29)16-22(3)32(36)37/h8-10,12,14-15,17-19,21-22,29H,11,13,16,20H2,1-7H3,(H,36,37)/t22?,29-/m0/s1. The summed E-state index contributed by atoms with van der Waals surface area (Å²) < 4.78 is 12.0. The highest BCUT2D eigenvalue weighted by Gasteiger charge is 2.27. The Morgan fingerprint density at radius 2 is 1.90 bits per heavy atom. The van der Waals surface area contributed by atoms with Crippen molar-refractivity contribution in [3.8, 4) is 22.8 Å². The van der Waals surface area contributed by atoms with E-state index in [2.05, 4.69) is 68.8 Å². The Morgan fingerprint density at radius 1 is 1.13 bits per heavy atom. The minimum absolute atomic E-state index is 0.00113. The van der Waals surface area contributed by atoms with Crippen LogP contribution in [0.4, 0.5) is 0 Å². The number of aryl methyl sites for hydroxylation is 1. The Morgan fingerprint density at radius 3 is 2.56 bits per heavy atom. The molecular weight excluding hydrogens is 488 g/mol. The third-order valence-corrected chi connectivity index (χ3v) is 7.62. The van der Waals surface area contributed by atoms with Crippen molar-refractivity contribution in [3.05, 3.63) is 77.0 Å². The first-order valence-corrected chi connectivity index (χ1v) is 13.9. The summed E-state index contributed by atoms with van der Waals surface area (Å²) in [7, 11) is 1.64. The van der Waals surface area contributed by atoms with Crippen molar-refractivity contribution >= 4 is 5.97 Å². The monoisotopic (exact) mass is 530 g/mol. The molecule has 2 aromatic carbocycles. The molecule has 0 fully saturated rings. The molecule has 0 saturated heterocycles. The van der Waals surface area contributed by atoms with Crippen molar-refractivity contribution < 1.29 is 19.4 Å². The molecular formula is C33H42N2O4. The first kappa shape index (κ1) is 28.6. The number of hydrogen-bond acceptors (Lipinski definition) is 5. The summed E-state index contributed by atoms with van der Waals surface area (Å²) in [4.78, 5) is 18.2. The largest absolute Gasteiger partial charge is 0.485 e. The Bertz CT molecular complexity index is 1310. The average molecular weight is 531 g/mol. The van der Waals surface area contributed by atoms with Crippen LogP contribution in [0.25, 0.3) is 11.1 Å². The van der Waals surface area contributed by atoms with E-state index in [4.69, 9.17) is 9.47 Å². The van der Waals surface area contributed by atoms with Crippen LogP contribution in [0.15, 0.2) is 54.7 Å². The van der Waals surface area contributed by atoms with E-state index in [0.717, 1.165) is 47.4 Å². The lowest BCUT2D eigenvalue weighted by atomic mass is 9.91. The second-order valence-electron chi connectivity index (χ2n) is 11.9. The number of ether oxygens (including phenoxy) is 2. The van der Waals surface area contributed by atoms with E-state index < -0.39 is 11.9 Å². The number of aromatic nitrogens is 1. The summed E-state index contributed by atoms with van der Waals surface area (Å²) in [5.41, 5.74) is 6.80. The van der Waals surface area contributed by atoms with Crippen LogP contribution in [0.5, 0.6) is 11.6 Å². The fourth-order valence-electron chi connectivity index (χ4n) is 5.51. The second-order valence-corrected chi connectivity index (χ2v) is 11.9. The maximum absolute atomic E-state index is 11.4. The molecule has 0 aliphatic carbocycles. The number of carboxylic acids is 1. The molecule has 1 unspecified atom stereocenters. The predicted octanol–water partition coefficient (Wildman–Crippen LogP) is 7.10. The fourth-order valence-corrected chi connectivity index (χ4v) is 5.51. The van der Waals surface area contributed by atoms with Gasteiger partial charge in [0.2, 0.25) is 5.88 Å². The van der Waals surface area contributed by atoms with Crippen LogP contribution in [0, 0.1) is 5.92 Å². The number of aliphatic carboxylic acids is 1. The van der Waals surface area contributed by atoms with Crippen LogP contribution in [0.1, 0.15) is 76.3 Å². The summed E-state index contributed by atoms with van der Waals surface area (Å²) in [6.45, 7) is 13.8. The van der Waals surface area contributed by atoms with Crippen LogP contribution in [0.2, 0.25) is 0 Å². The zero-order chi connectivity index (χ0) is 28.3. The summed E-state index contributed by atoms with van der Waals surface area (Å²) in [5, 5.41) is 9.33. The van der Waals surface area contributed by atoms with E-state index in [1.165, 1.54) is 11.1 Å². The lowest BCUT2D eigenvalue weighted by Crippen LogP contribution is -2.45. The van der Waals surface area contributed by atoms with Gasteiger partial charge in [-0.3, -0.25) is 9.69 Å². The number of carboxylic acid groups (broad SMARTS) is 1. The number of pyridine rings is 1. The Kier molecular flexibility index (Phi) is 8.65. The number of fused-ring (bicyclic) bond motifs is 1. The van der Waals surface area contributed by atoms with Gasteiger partial charge >= 0.3 is 5.97 Å². The minimum Gasteiger partial charge on any atom is -0.485 e. The first-order valence-electron chi connectivity index (χ1n) is 13.9. The molecule has 2 heterocycles. The summed E-state index contributed by atoms with van der Waals surface area (Å²) >= 11 is 0. The maximum atomic E-state index is 11.4. The Balaban J connectivity index is 1.69. The lowest BCUT2D eigenvalue weighted by molar-refractivity contribution is -0.141. The van der Waals surface area contributed by atoms with Crippen LogP contribution in [-0.2, 0) is 24.2 Å². The number of hydrogen-bond donors (Lipinski definition) is 1. The van der Waals surface area contributed by atoms with E-state index in [1.54, 1.807) is 20.2 Å². The highest BCUT2D eigenvalue weighted by atomic mass is 16.5. The maximum Gasteiger partial charge on any atom is 0.306 e. The van der Waals surface area contributed by atoms with E-state index >= 15 is 0 Å². The molecule has 3 aromatic rings. The molecule has 208 valence electrons. The van der Waals surface area contributed by atoms with Crippen LogP contribution in [0.3, 0.4) is 0 Å². The van der Waals surface area contributed by atoms with Crippen molar-refractivity contribution in [2.24, 2.45) is 5.92 Å². The second kappa shape index (κ2) is 11.8. The number of carbonyl (C=O) groups is 1. The Hall–Kier alpha value is -3.38. The fraction of sp³-hybridized carbons (Fsp3) is 0.455. The molecule has 1 aliphatic rings. The summed E-state index contributed by atoms with van der Waals surface area (Å²) in [6, 6.07) is 17.2. The highest BCUT2D eigenvalue weighted by Crippen LogP contribution is 2.38. The van der Waals surface area contributed by atoms with Gasteiger partial charge in [0.1, 0.15) is 11.9 Å². The normalized spacial score (nSPS) is 16.1. The molecule has 6 heteroatoms. The van der Waals surface area contributed by atoms with Gasteiger partial charge in [0.05, 0.1) is 13.0 Å². The quantitative estimate of drug-likeness (QED) is 0.318. The van der Waals surface area contributed by atoms with Crippen molar-refractivity contribution in [2.75, 3.05) is 7.11 Å². The van der Waals surface area contributed by atoms with Crippen LogP contribution < -0.4 is 9.47 Å². The number of rotatable bonds is 9. The number of nitrogens with zero attached hydrogens (tertiary/aromatic N) is 2. The molecule has 0 bridgehead atoms. The van der Waals surface area contributed by atoms with E-state index in [9.17, 15) is 9.90 Å². The van der Waals surface area contributed by atoms with Gasteiger partial charge in [0.15, 0.2) is 0 Å². The summed E-state index contributed by atoms with van der Waals surface area (Å²) in [6.07, 6.45) is 4.04. The van der Waals surface area contributed by atoms with Gasteiger partial charge in [-0.1, -0.05) is 37.3 Å². The van der Waals surface area contributed by atoms with Gasteiger partial charge in [0, 0.05) is 30.4 Å². The zero-order valence-electron chi connectivity index (χ0n) is 24.3. The van der Waals surface area contributed by atoms with Gasteiger partial charge < -0.3 is 14.6 Å². The first-order chi connectivity index (χ1) is 18.5. The molecule has 0 amide bonds. The third kappa shape index (κ3) is 6.80. The van der Waals surface area contributed by atoms with Crippen LogP contribution >= 0.6 is 0 Å². The number of methoxy groups -OCH3 is 1. The summed E-state index contributed by atoms with van der Waals surface area (Å²) in [5.74, 6) is 0.247. The molecule has 4 rings (SSSR count). The minimum atomic E-state index is -0.781. The van der Waals surface area contributed by atoms with Crippen molar-refractivity contribution in [3.63, 3.8) is 0 Å². The van der Waals surface area contributed by atoms with E-state index in [-0.39, 0.29) is 11.6 Å². The van der Waals surface area contributed by atoms with Gasteiger partial charge in [-0.2, -0.15) is 0 Å². The van der Waals surface area contributed by atoms with Gasteiger partial charge in [-0.15, -0.1) is 0 Å². The lowest BCUT2D eigenvalue weighted by Gasteiger charge is -2.39. The van der Waals surface area contributed by atoms with E-state index in [1.807, 2.05) is 24.3 Å². The van der Waals surface area contributed by atoms with E-state index in [0.29, 0.717) is 18.3 Å². The average Bonchev–Trinajstić information content (AvgIpc) is 2.90. The predicted molar refractivity (Wildman–Crippen MR) is 155 cm³/mol. The highest BCUT2D eigenvalue weighted by molar-refractivity contribution is 5.70. The molecule has 1 aliphatic heterocycles. The van der Waals surface area contributed by atoms with Crippen molar-refractivity contribution in [2.45, 2.75) is 85.0 Å². The van der Waals surface area contributed by atoms with Crippen molar-refractivity contribution in [1.82, 2.24) is 9.88 Å². The smallest absolute Gasteiger partial charge is 0.306 e. The molecule has 2 atom stereocenters. The third-order valence-electron chi connectivity index (χ3n) is 7.62. The topological polar surface area (TPSA) is 71.9 Å².